The molecule has 0 fully saturated rings. The van der Waals surface area contributed by atoms with Crippen LogP contribution in [0.3, 0.4) is 0 Å². The van der Waals surface area contributed by atoms with Crippen molar-refractivity contribution < 1.29 is 18.4 Å². The number of benzene rings is 1. The van der Waals surface area contributed by atoms with Gasteiger partial charge in [-0.2, -0.15) is 4.98 Å². The summed E-state index contributed by atoms with van der Waals surface area (Å²) in [4.78, 5) is 16.4. The van der Waals surface area contributed by atoms with Crippen LogP contribution in [0.5, 0.6) is 0 Å². The van der Waals surface area contributed by atoms with E-state index in [1.165, 1.54) is 17.8 Å². The Morgan fingerprint density at radius 1 is 1.23 bits per heavy atom. The molecule has 0 spiro atoms. The summed E-state index contributed by atoms with van der Waals surface area (Å²) in [6, 6.07) is 6.39. The Morgan fingerprint density at radius 3 is 2.61 bits per heavy atom. The molecule has 0 atom stereocenters. The molecule has 0 aliphatic heterocycles. The average Bonchev–Trinajstić information content (AvgIpc) is 3.26. The Labute approximate surface area is 183 Å². The predicted molar refractivity (Wildman–Crippen MR) is 113 cm³/mol. The lowest BCUT2D eigenvalue weighted by Gasteiger charge is -2.26. The number of ether oxygens (including phenoxy) is 1. The monoisotopic (exact) mass is 448 g/mol. The lowest BCUT2D eigenvalue weighted by molar-refractivity contribution is 0.0465. The van der Waals surface area contributed by atoms with Crippen molar-refractivity contribution in [2.75, 3.05) is 0 Å². The third-order valence-corrected chi connectivity index (χ3v) is 5.12. The fourth-order valence-corrected chi connectivity index (χ4v) is 3.37. The highest BCUT2D eigenvalue weighted by atomic mass is 32.2. The number of nitrogens with zero attached hydrogens (tertiary/aromatic N) is 5. The van der Waals surface area contributed by atoms with E-state index in [2.05, 4.69) is 25.7 Å². The molecule has 1 N–H and O–H groups in total. The molecular weight excluding hydrogens is 423 g/mol. The molecule has 0 aliphatic rings. The predicted octanol–water partition coefficient (Wildman–Crippen LogP) is 4.06. The fourth-order valence-electron chi connectivity index (χ4n) is 2.63. The van der Waals surface area contributed by atoms with Gasteiger partial charge in [0, 0.05) is 7.05 Å². The van der Waals surface area contributed by atoms with Gasteiger partial charge in [0.05, 0.1) is 11.3 Å². The molecule has 3 rings (SSSR count). The highest BCUT2D eigenvalue weighted by Crippen LogP contribution is 2.27. The van der Waals surface area contributed by atoms with Gasteiger partial charge in [-0.05, 0) is 46.8 Å². The minimum atomic E-state index is -0.891. The molecule has 2 aromatic heterocycles. The second-order valence-electron chi connectivity index (χ2n) is 8.40. The van der Waals surface area contributed by atoms with Gasteiger partial charge in [0.2, 0.25) is 5.89 Å². The zero-order chi connectivity index (χ0) is 22.8. The van der Waals surface area contributed by atoms with Crippen LogP contribution in [0.15, 0.2) is 33.9 Å². The molecule has 0 unspecified atom stereocenters. The fraction of sp³-hybridized carbons (Fsp3) is 0.450. The summed E-state index contributed by atoms with van der Waals surface area (Å²) in [5, 5.41) is 15.5. The summed E-state index contributed by atoms with van der Waals surface area (Å²) >= 11 is 1.33. The number of alkyl carbamates (subject to hydrolysis) is 1. The molecule has 11 heteroatoms. The molecule has 0 saturated heterocycles. The van der Waals surface area contributed by atoms with E-state index in [0.717, 1.165) is 0 Å². The first-order chi connectivity index (χ1) is 14.5. The van der Waals surface area contributed by atoms with E-state index >= 15 is 0 Å². The topological polar surface area (TPSA) is 108 Å². The van der Waals surface area contributed by atoms with Crippen molar-refractivity contribution in [3.05, 3.63) is 41.8 Å². The van der Waals surface area contributed by atoms with E-state index in [9.17, 15) is 9.18 Å². The maximum atomic E-state index is 14.1. The Hall–Kier alpha value is -2.95. The van der Waals surface area contributed by atoms with Crippen molar-refractivity contribution in [1.82, 2.24) is 30.2 Å². The molecule has 3 aromatic rings. The van der Waals surface area contributed by atoms with Crippen LogP contribution < -0.4 is 5.32 Å². The molecule has 1 amide bonds. The number of aromatic nitrogens is 5. The van der Waals surface area contributed by atoms with Crippen LogP contribution in [0.4, 0.5) is 9.18 Å². The van der Waals surface area contributed by atoms with Crippen LogP contribution in [0, 0.1) is 5.82 Å². The van der Waals surface area contributed by atoms with E-state index in [4.69, 9.17) is 9.26 Å². The van der Waals surface area contributed by atoms with Gasteiger partial charge < -0.3 is 19.1 Å². The van der Waals surface area contributed by atoms with E-state index in [1.807, 2.05) is 0 Å². The van der Waals surface area contributed by atoms with Gasteiger partial charge in [-0.3, -0.25) is 0 Å². The average molecular weight is 449 g/mol. The van der Waals surface area contributed by atoms with Gasteiger partial charge >= 0.3 is 6.09 Å². The number of nitrogens with one attached hydrogen (secondary N) is 1. The number of carbonyl (C=O) groups is 1. The van der Waals surface area contributed by atoms with E-state index in [-0.39, 0.29) is 5.82 Å². The third-order valence-electron chi connectivity index (χ3n) is 4.11. The highest BCUT2D eigenvalue weighted by Gasteiger charge is 2.31. The van der Waals surface area contributed by atoms with E-state index in [1.54, 1.807) is 64.4 Å². The van der Waals surface area contributed by atoms with E-state index < -0.39 is 17.2 Å². The summed E-state index contributed by atoms with van der Waals surface area (Å²) in [7, 11) is 1.76. The first kappa shape index (κ1) is 22.7. The first-order valence-electron chi connectivity index (χ1n) is 9.57. The standard InChI is InChI=1S/C20H25FN6O3S/c1-19(2,3)29-18(28)23-20(4,5)16-22-14(30-26-16)11-31-17-25-24-15(27(17)6)12-9-7-8-10-13(12)21/h7-10H,11H2,1-6H3,(H,23,28). The number of hydrogen-bond acceptors (Lipinski definition) is 8. The number of thioether (sulfide) groups is 1. The van der Waals surface area contributed by atoms with Crippen molar-refractivity contribution in [2.24, 2.45) is 7.05 Å². The van der Waals surface area contributed by atoms with Crippen LogP contribution in [-0.4, -0.2) is 36.6 Å². The van der Waals surface area contributed by atoms with Crippen LogP contribution in [0.25, 0.3) is 11.4 Å². The Kier molecular flexibility index (Phi) is 6.35. The Morgan fingerprint density at radius 2 is 1.94 bits per heavy atom. The smallest absolute Gasteiger partial charge is 0.408 e. The van der Waals surface area contributed by atoms with Crippen molar-refractivity contribution in [3.63, 3.8) is 0 Å². The molecule has 2 heterocycles. The molecule has 31 heavy (non-hydrogen) atoms. The number of halogens is 1. The zero-order valence-electron chi connectivity index (χ0n) is 18.3. The summed E-state index contributed by atoms with van der Waals surface area (Å²) in [5.74, 6) is 1.07. The zero-order valence-corrected chi connectivity index (χ0v) is 19.1. The van der Waals surface area contributed by atoms with Gasteiger partial charge in [-0.25, -0.2) is 9.18 Å². The number of hydrogen-bond donors (Lipinski definition) is 1. The molecule has 0 saturated carbocycles. The summed E-state index contributed by atoms with van der Waals surface area (Å²) < 4.78 is 26.4. The highest BCUT2D eigenvalue weighted by molar-refractivity contribution is 7.98. The van der Waals surface area contributed by atoms with Crippen molar-refractivity contribution in [3.8, 4) is 11.4 Å². The van der Waals surface area contributed by atoms with Gasteiger partial charge in [0.25, 0.3) is 0 Å². The number of amides is 1. The minimum absolute atomic E-state index is 0.318. The Balaban J connectivity index is 1.66. The summed E-state index contributed by atoms with van der Waals surface area (Å²) in [6.45, 7) is 8.86. The van der Waals surface area contributed by atoms with Crippen molar-refractivity contribution in [2.45, 2.75) is 56.7 Å². The largest absolute Gasteiger partial charge is 0.444 e. The second-order valence-corrected chi connectivity index (χ2v) is 9.34. The minimum Gasteiger partial charge on any atom is -0.444 e. The summed E-state index contributed by atoms with van der Waals surface area (Å²) in [6.07, 6.45) is -0.571. The molecule has 1 aromatic carbocycles. The van der Waals surface area contributed by atoms with Crippen LogP contribution in [0.1, 0.15) is 46.3 Å². The Bertz CT molecular complexity index is 1070. The quantitative estimate of drug-likeness (QED) is 0.563. The number of carbonyl (C=O) groups excluding carboxylic acids is 1. The van der Waals surface area contributed by atoms with Gasteiger partial charge in [0.15, 0.2) is 16.8 Å². The lowest BCUT2D eigenvalue weighted by atomic mass is 10.1. The van der Waals surface area contributed by atoms with Crippen LogP contribution in [-0.2, 0) is 23.1 Å². The van der Waals surface area contributed by atoms with Crippen molar-refractivity contribution >= 4 is 17.9 Å². The van der Waals surface area contributed by atoms with Crippen LogP contribution in [0.2, 0.25) is 0 Å². The first-order valence-corrected chi connectivity index (χ1v) is 10.6. The van der Waals surface area contributed by atoms with Gasteiger partial charge in [-0.1, -0.05) is 29.1 Å². The molecular formula is C20H25FN6O3S. The normalized spacial score (nSPS) is 12.1. The van der Waals surface area contributed by atoms with Gasteiger partial charge in [0.1, 0.15) is 17.0 Å². The van der Waals surface area contributed by atoms with E-state index in [0.29, 0.717) is 34.0 Å². The maximum absolute atomic E-state index is 14.1. The summed E-state index contributed by atoms with van der Waals surface area (Å²) in [5.41, 5.74) is -1.13. The van der Waals surface area contributed by atoms with Gasteiger partial charge in [-0.15, -0.1) is 10.2 Å². The molecule has 0 bridgehead atoms. The maximum Gasteiger partial charge on any atom is 0.408 e. The van der Waals surface area contributed by atoms with Crippen molar-refractivity contribution in [1.29, 1.82) is 0 Å². The number of rotatable bonds is 6. The molecule has 0 aliphatic carbocycles. The molecule has 166 valence electrons. The lowest BCUT2D eigenvalue weighted by Crippen LogP contribution is -2.44. The molecule has 0 radical (unpaired) electrons. The second kappa shape index (κ2) is 8.66. The SMILES string of the molecule is Cn1c(SCc2nc(C(C)(C)NC(=O)OC(C)(C)C)no2)nnc1-c1ccccc1F. The third kappa shape index (κ3) is 5.60. The van der Waals surface area contributed by atoms with Crippen LogP contribution >= 0.6 is 11.8 Å². The molecule has 9 nitrogen and oxygen atoms in total.